The van der Waals surface area contributed by atoms with Crippen LogP contribution >= 0.6 is 0 Å². The molecular formula is C19H21N3O. The average molecular weight is 307 g/mol. The molecule has 1 unspecified atom stereocenters. The summed E-state index contributed by atoms with van der Waals surface area (Å²) in [5, 5.41) is 11.9. The number of nitriles is 1. The van der Waals surface area contributed by atoms with E-state index in [1.54, 1.807) is 24.3 Å². The lowest BCUT2D eigenvalue weighted by Gasteiger charge is -2.25. The molecular weight excluding hydrogens is 286 g/mol. The number of aryl methyl sites for hydroxylation is 1. The quantitative estimate of drug-likeness (QED) is 0.924. The van der Waals surface area contributed by atoms with Gasteiger partial charge in [-0.25, -0.2) is 0 Å². The lowest BCUT2D eigenvalue weighted by Crippen LogP contribution is -2.34. The highest BCUT2D eigenvalue weighted by Gasteiger charge is 2.16. The van der Waals surface area contributed by atoms with Crippen LogP contribution in [0.3, 0.4) is 0 Å². The summed E-state index contributed by atoms with van der Waals surface area (Å²) < 4.78 is 0. The van der Waals surface area contributed by atoms with Crippen LogP contribution in [0.25, 0.3) is 0 Å². The molecule has 0 heterocycles. The zero-order chi connectivity index (χ0) is 16.8. The van der Waals surface area contributed by atoms with Crippen LogP contribution in [-0.4, -0.2) is 31.4 Å². The number of hydrogen-bond acceptors (Lipinski definition) is 3. The molecule has 4 nitrogen and oxygen atoms in total. The van der Waals surface area contributed by atoms with Gasteiger partial charge in [0.15, 0.2) is 0 Å². The Morgan fingerprint density at radius 3 is 2.61 bits per heavy atom. The fraction of sp³-hybridized carbons (Fsp3) is 0.263. The summed E-state index contributed by atoms with van der Waals surface area (Å²) >= 11 is 0. The van der Waals surface area contributed by atoms with E-state index in [4.69, 9.17) is 5.26 Å². The molecule has 4 heteroatoms. The minimum Gasteiger partial charge on any atom is -0.350 e. The summed E-state index contributed by atoms with van der Waals surface area (Å²) in [6.07, 6.45) is 0. The van der Waals surface area contributed by atoms with Gasteiger partial charge in [-0.2, -0.15) is 5.26 Å². The van der Waals surface area contributed by atoms with Gasteiger partial charge in [-0.1, -0.05) is 35.9 Å². The van der Waals surface area contributed by atoms with Crippen molar-refractivity contribution in [1.29, 1.82) is 5.26 Å². The monoisotopic (exact) mass is 307 g/mol. The zero-order valence-electron chi connectivity index (χ0n) is 13.7. The minimum atomic E-state index is -0.165. The van der Waals surface area contributed by atoms with Crippen LogP contribution in [0.1, 0.15) is 33.1 Å². The first-order valence-corrected chi connectivity index (χ1v) is 7.52. The van der Waals surface area contributed by atoms with Crippen molar-refractivity contribution < 1.29 is 4.79 Å². The number of hydrogen-bond donors (Lipinski definition) is 1. The van der Waals surface area contributed by atoms with Crippen LogP contribution in [-0.2, 0) is 0 Å². The highest BCUT2D eigenvalue weighted by atomic mass is 16.1. The van der Waals surface area contributed by atoms with E-state index < -0.39 is 0 Å². The SMILES string of the molecule is Cc1cccc(C(CNC(=O)c2cccc(C#N)c2)N(C)C)c1. The van der Waals surface area contributed by atoms with E-state index in [0.717, 1.165) is 0 Å². The lowest BCUT2D eigenvalue weighted by molar-refractivity contribution is 0.0942. The highest BCUT2D eigenvalue weighted by molar-refractivity contribution is 5.94. The average Bonchev–Trinajstić information content (AvgIpc) is 2.54. The molecule has 0 spiro atoms. The second kappa shape index (κ2) is 7.57. The first-order chi connectivity index (χ1) is 11.0. The predicted octanol–water partition coefficient (Wildman–Crippen LogP) is 2.90. The Labute approximate surface area is 137 Å². The Morgan fingerprint density at radius 1 is 1.22 bits per heavy atom. The Balaban J connectivity index is 2.10. The van der Waals surface area contributed by atoms with Crippen LogP contribution < -0.4 is 5.32 Å². The molecule has 1 N–H and O–H groups in total. The van der Waals surface area contributed by atoms with Gasteiger partial charge >= 0.3 is 0 Å². The molecule has 23 heavy (non-hydrogen) atoms. The smallest absolute Gasteiger partial charge is 0.251 e. The lowest BCUT2D eigenvalue weighted by atomic mass is 10.0. The molecule has 0 aliphatic carbocycles. The Hall–Kier alpha value is -2.64. The van der Waals surface area contributed by atoms with Crippen LogP contribution in [0.15, 0.2) is 48.5 Å². The normalized spacial score (nSPS) is 11.8. The highest BCUT2D eigenvalue weighted by Crippen LogP contribution is 2.18. The topological polar surface area (TPSA) is 56.1 Å². The first-order valence-electron chi connectivity index (χ1n) is 7.52. The van der Waals surface area contributed by atoms with Crippen molar-refractivity contribution in [1.82, 2.24) is 10.2 Å². The summed E-state index contributed by atoms with van der Waals surface area (Å²) in [4.78, 5) is 14.4. The zero-order valence-corrected chi connectivity index (χ0v) is 13.7. The fourth-order valence-electron chi connectivity index (χ4n) is 2.50. The summed E-state index contributed by atoms with van der Waals surface area (Å²) in [5.74, 6) is -0.165. The molecule has 0 aromatic heterocycles. The summed E-state index contributed by atoms with van der Waals surface area (Å²) in [5.41, 5.74) is 3.36. The molecule has 2 aromatic carbocycles. The van der Waals surface area contributed by atoms with Crippen molar-refractivity contribution in [2.24, 2.45) is 0 Å². The molecule has 0 saturated carbocycles. The Morgan fingerprint density at radius 2 is 1.96 bits per heavy atom. The number of likely N-dealkylation sites (N-methyl/N-ethyl adjacent to an activating group) is 1. The second-order valence-electron chi connectivity index (χ2n) is 5.80. The number of rotatable bonds is 5. The summed E-state index contributed by atoms with van der Waals surface area (Å²) in [7, 11) is 3.99. The third-order valence-electron chi connectivity index (χ3n) is 3.76. The third kappa shape index (κ3) is 4.41. The molecule has 0 saturated heterocycles. The van der Waals surface area contributed by atoms with E-state index in [0.29, 0.717) is 17.7 Å². The molecule has 2 rings (SSSR count). The maximum atomic E-state index is 12.3. The van der Waals surface area contributed by atoms with Crippen molar-refractivity contribution >= 4 is 5.91 Å². The predicted molar refractivity (Wildman–Crippen MR) is 91.1 cm³/mol. The number of carbonyl (C=O) groups excluding carboxylic acids is 1. The van der Waals surface area contributed by atoms with Crippen molar-refractivity contribution in [2.45, 2.75) is 13.0 Å². The van der Waals surface area contributed by atoms with Gasteiger partial charge < -0.3 is 10.2 Å². The van der Waals surface area contributed by atoms with Gasteiger partial charge in [-0.3, -0.25) is 4.79 Å². The third-order valence-corrected chi connectivity index (χ3v) is 3.76. The van der Waals surface area contributed by atoms with Crippen molar-refractivity contribution in [3.63, 3.8) is 0 Å². The maximum absolute atomic E-state index is 12.3. The molecule has 2 aromatic rings. The molecule has 118 valence electrons. The molecule has 1 amide bonds. The summed E-state index contributed by atoms with van der Waals surface area (Å²) in [6, 6.07) is 17.2. The molecule has 0 aliphatic heterocycles. The fourth-order valence-corrected chi connectivity index (χ4v) is 2.50. The van der Waals surface area contributed by atoms with Crippen molar-refractivity contribution in [2.75, 3.05) is 20.6 Å². The van der Waals surface area contributed by atoms with Gasteiger partial charge in [0.25, 0.3) is 5.91 Å². The molecule has 0 bridgehead atoms. The van der Waals surface area contributed by atoms with Crippen molar-refractivity contribution in [3.05, 3.63) is 70.8 Å². The second-order valence-corrected chi connectivity index (χ2v) is 5.80. The van der Waals surface area contributed by atoms with E-state index in [2.05, 4.69) is 35.3 Å². The van der Waals surface area contributed by atoms with E-state index in [1.807, 2.05) is 26.2 Å². The molecule has 0 fully saturated rings. The van der Waals surface area contributed by atoms with Gasteiger partial charge in [-0.05, 0) is 44.8 Å². The summed E-state index contributed by atoms with van der Waals surface area (Å²) in [6.45, 7) is 2.56. The van der Waals surface area contributed by atoms with Gasteiger partial charge in [0, 0.05) is 12.1 Å². The van der Waals surface area contributed by atoms with Crippen LogP contribution in [0.5, 0.6) is 0 Å². The number of carbonyl (C=O) groups is 1. The molecule has 0 aliphatic rings. The minimum absolute atomic E-state index is 0.0954. The number of benzene rings is 2. The van der Waals surface area contributed by atoms with Gasteiger partial charge in [0.05, 0.1) is 17.7 Å². The largest absolute Gasteiger partial charge is 0.350 e. The Bertz CT molecular complexity index is 731. The van der Waals surface area contributed by atoms with E-state index in [1.165, 1.54) is 11.1 Å². The van der Waals surface area contributed by atoms with Gasteiger partial charge in [-0.15, -0.1) is 0 Å². The maximum Gasteiger partial charge on any atom is 0.251 e. The molecule has 0 radical (unpaired) electrons. The number of nitrogens with zero attached hydrogens (tertiary/aromatic N) is 2. The standard InChI is InChI=1S/C19H21N3O/c1-14-6-4-8-16(10-14)18(22(2)3)13-21-19(23)17-9-5-7-15(11-17)12-20/h4-11,18H,13H2,1-3H3,(H,21,23). The van der Waals surface area contributed by atoms with Crippen LogP contribution in [0.4, 0.5) is 0 Å². The van der Waals surface area contributed by atoms with Gasteiger partial charge in [0.2, 0.25) is 0 Å². The Kier molecular flexibility index (Phi) is 5.51. The first kappa shape index (κ1) is 16.7. The van der Waals surface area contributed by atoms with E-state index in [-0.39, 0.29) is 11.9 Å². The number of nitrogens with one attached hydrogen (secondary N) is 1. The number of amides is 1. The van der Waals surface area contributed by atoms with Crippen LogP contribution in [0, 0.1) is 18.3 Å². The van der Waals surface area contributed by atoms with E-state index in [9.17, 15) is 4.79 Å². The van der Waals surface area contributed by atoms with Gasteiger partial charge in [0.1, 0.15) is 0 Å². The van der Waals surface area contributed by atoms with Crippen molar-refractivity contribution in [3.8, 4) is 6.07 Å². The van der Waals surface area contributed by atoms with Crippen LogP contribution in [0.2, 0.25) is 0 Å². The van der Waals surface area contributed by atoms with E-state index >= 15 is 0 Å². The molecule has 1 atom stereocenters.